The van der Waals surface area contributed by atoms with Gasteiger partial charge in [0.2, 0.25) is 0 Å². The van der Waals surface area contributed by atoms with E-state index in [-0.39, 0.29) is 22.1 Å². The largest absolute Gasteiger partial charge is 0.345 e. The number of allylic oxidation sites excluding steroid dienone is 1. The summed E-state index contributed by atoms with van der Waals surface area (Å²) in [5.41, 5.74) is 0.137. The van der Waals surface area contributed by atoms with Gasteiger partial charge in [0.15, 0.2) is 0 Å². The number of anilines is 1. The minimum Gasteiger partial charge on any atom is -0.321 e. The maximum absolute atomic E-state index is 13.2. The van der Waals surface area contributed by atoms with E-state index in [0.29, 0.717) is 5.01 Å². The van der Waals surface area contributed by atoms with Crippen LogP contribution in [0.1, 0.15) is 5.01 Å². The number of nitrogens with one attached hydrogen (secondary N) is 1. The standard InChI is InChI=1S/C14H10ClFN4O3S2/c1-20-12(13(21)18-8-2-3-10(16)9(15)6-8)7-11(19-25(20,22)23)14-17-4-5-24-14/h2-7H,1H3,(H,18,21). The predicted molar refractivity (Wildman–Crippen MR) is 93.5 cm³/mol. The van der Waals surface area contributed by atoms with Crippen molar-refractivity contribution in [2.75, 3.05) is 12.4 Å². The average Bonchev–Trinajstić information content (AvgIpc) is 3.07. The first-order valence-corrected chi connectivity index (χ1v) is 9.40. The number of thiazole rings is 1. The first kappa shape index (κ1) is 17.5. The Morgan fingerprint density at radius 1 is 1.40 bits per heavy atom. The van der Waals surface area contributed by atoms with Crippen molar-refractivity contribution >= 4 is 50.5 Å². The van der Waals surface area contributed by atoms with E-state index in [1.807, 2.05) is 0 Å². The first-order valence-electron chi connectivity index (χ1n) is 6.75. The molecule has 1 N–H and O–H groups in total. The molecule has 1 aliphatic heterocycles. The van der Waals surface area contributed by atoms with Gasteiger partial charge in [-0.2, -0.15) is 8.42 Å². The van der Waals surface area contributed by atoms with Crippen LogP contribution < -0.4 is 5.32 Å². The SMILES string of the molecule is CN1C(C(=O)Nc2ccc(F)c(Cl)c2)=CC(c2nccs2)=NS1(=O)=O. The van der Waals surface area contributed by atoms with Crippen LogP contribution in [-0.4, -0.2) is 36.4 Å². The Labute approximate surface area is 151 Å². The van der Waals surface area contributed by atoms with Crippen LogP contribution >= 0.6 is 22.9 Å². The molecule has 7 nitrogen and oxygen atoms in total. The van der Waals surface area contributed by atoms with Crippen LogP contribution in [0.15, 0.2) is 45.9 Å². The Hall–Kier alpha value is -2.30. The van der Waals surface area contributed by atoms with E-state index in [0.717, 1.165) is 10.4 Å². The van der Waals surface area contributed by atoms with Crippen LogP contribution in [0.3, 0.4) is 0 Å². The molecule has 0 radical (unpaired) electrons. The van der Waals surface area contributed by atoms with Gasteiger partial charge in [-0.25, -0.2) is 13.7 Å². The topological polar surface area (TPSA) is 91.7 Å². The number of hydrogen-bond acceptors (Lipinski definition) is 5. The van der Waals surface area contributed by atoms with Crippen molar-refractivity contribution in [2.45, 2.75) is 0 Å². The summed E-state index contributed by atoms with van der Waals surface area (Å²) in [6.45, 7) is 0. The van der Waals surface area contributed by atoms with Crippen molar-refractivity contribution in [1.82, 2.24) is 9.29 Å². The lowest BCUT2D eigenvalue weighted by atomic mass is 10.2. The minimum atomic E-state index is -4.07. The third kappa shape index (κ3) is 3.55. The van der Waals surface area contributed by atoms with Gasteiger partial charge in [-0.1, -0.05) is 11.6 Å². The lowest BCUT2D eigenvalue weighted by Gasteiger charge is -2.23. The fourth-order valence-corrected chi connectivity index (χ4v) is 3.72. The van der Waals surface area contributed by atoms with Gasteiger partial charge in [-0.15, -0.1) is 15.7 Å². The fraction of sp³-hybridized carbons (Fsp3) is 0.0714. The highest BCUT2D eigenvalue weighted by atomic mass is 35.5. The molecule has 11 heteroatoms. The van der Waals surface area contributed by atoms with Gasteiger partial charge in [0, 0.05) is 24.3 Å². The monoisotopic (exact) mass is 400 g/mol. The summed E-state index contributed by atoms with van der Waals surface area (Å²) in [7, 11) is -2.86. The number of aromatic nitrogens is 1. The zero-order valence-corrected chi connectivity index (χ0v) is 15.0. The number of hydrogen-bond donors (Lipinski definition) is 1. The summed E-state index contributed by atoms with van der Waals surface area (Å²) in [5.74, 6) is -1.34. The Kier molecular flexibility index (Phi) is 4.58. The number of halogens is 2. The van der Waals surface area contributed by atoms with Crippen LogP contribution in [0.2, 0.25) is 5.02 Å². The van der Waals surface area contributed by atoms with Crippen molar-refractivity contribution < 1.29 is 17.6 Å². The second kappa shape index (κ2) is 6.54. The molecule has 0 bridgehead atoms. The summed E-state index contributed by atoms with van der Waals surface area (Å²) < 4.78 is 41.9. The molecule has 2 heterocycles. The number of nitrogens with zero attached hydrogens (tertiary/aromatic N) is 3. The Bertz CT molecular complexity index is 1000. The minimum absolute atomic E-state index is 0.0652. The number of likely N-dealkylation sites (N-methyl/N-ethyl adjacent to an activating group) is 1. The van der Waals surface area contributed by atoms with Crippen LogP contribution in [0, 0.1) is 5.82 Å². The van der Waals surface area contributed by atoms with Gasteiger partial charge >= 0.3 is 10.2 Å². The maximum Gasteiger partial charge on any atom is 0.345 e. The highest BCUT2D eigenvalue weighted by molar-refractivity contribution is 7.88. The van der Waals surface area contributed by atoms with E-state index in [4.69, 9.17) is 11.6 Å². The normalized spacial score (nSPS) is 16.2. The molecule has 0 fully saturated rings. The van der Waals surface area contributed by atoms with E-state index in [1.165, 1.54) is 42.8 Å². The Balaban J connectivity index is 1.94. The number of rotatable bonds is 3. The molecule has 3 rings (SSSR count). The second-order valence-corrected chi connectivity index (χ2v) is 7.80. The molecule has 0 aliphatic carbocycles. The molecule has 0 saturated heterocycles. The third-order valence-electron chi connectivity index (χ3n) is 3.23. The van der Waals surface area contributed by atoms with Crippen LogP contribution in [0.25, 0.3) is 0 Å². The fourth-order valence-electron chi connectivity index (χ4n) is 1.98. The zero-order chi connectivity index (χ0) is 18.2. The number of carbonyl (C=O) groups excluding carboxylic acids is 1. The van der Waals surface area contributed by atoms with Crippen molar-refractivity contribution in [3.05, 3.63) is 57.4 Å². The lowest BCUT2D eigenvalue weighted by Crippen LogP contribution is -2.35. The molecule has 0 saturated carbocycles. The number of amides is 1. The van der Waals surface area contributed by atoms with E-state index in [9.17, 15) is 17.6 Å². The molecule has 25 heavy (non-hydrogen) atoms. The van der Waals surface area contributed by atoms with Gasteiger partial charge in [-0.05, 0) is 24.3 Å². The highest BCUT2D eigenvalue weighted by Crippen LogP contribution is 2.23. The molecular formula is C14H10ClFN4O3S2. The molecule has 130 valence electrons. The van der Waals surface area contributed by atoms with E-state index in [1.54, 1.807) is 5.38 Å². The van der Waals surface area contributed by atoms with Gasteiger partial charge in [-0.3, -0.25) is 4.79 Å². The molecule has 0 spiro atoms. The first-order chi connectivity index (χ1) is 11.8. The van der Waals surface area contributed by atoms with Crippen LogP contribution in [0.4, 0.5) is 10.1 Å². The zero-order valence-electron chi connectivity index (χ0n) is 12.6. The van der Waals surface area contributed by atoms with Gasteiger partial charge in [0.1, 0.15) is 22.2 Å². The molecule has 0 atom stereocenters. The summed E-state index contributed by atoms with van der Waals surface area (Å²) in [6.07, 6.45) is 2.82. The molecule has 2 aromatic rings. The summed E-state index contributed by atoms with van der Waals surface area (Å²) in [6, 6.07) is 3.63. The van der Waals surface area contributed by atoms with Gasteiger partial charge in [0.25, 0.3) is 5.91 Å². The smallest absolute Gasteiger partial charge is 0.321 e. The van der Waals surface area contributed by atoms with Crippen molar-refractivity contribution in [1.29, 1.82) is 0 Å². The van der Waals surface area contributed by atoms with Crippen LogP contribution in [0.5, 0.6) is 0 Å². The molecule has 1 aromatic heterocycles. The number of carbonyl (C=O) groups is 1. The molecule has 1 amide bonds. The Morgan fingerprint density at radius 2 is 2.16 bits per heavy atom. The molecule has 1 aromatic carbocycles. The van der Waals surface area contributed by atoms with Gasteiger partial charge in [0.05, 0.1) is 5.02 Å². The lowest BCUT2D eigenvalue weighted by molar-refractivity contribution is -0.113. The summed E-state index contributed by atoms with van der Waals surface area (Å²) >= 11 is 6.87. The molecule has 1 aliphatic rings. The summed E-state index contributed by atoms with van der Waals surface area (Å²) in [5, 5.41) is 4.34. The van der Waals surface area contributed by atoms with E-state index < -0.39 is 21.9 Å². The summed E-state index contributed by atoms with van der Waals surface area (Å²) in [4.78, 5) is 16.5. The quantitative estimate of drug-likeness (QED) is 0.856. The third-order valence-corrected chi connectivity index (χ3v) is 5.64. The maximum atomic E-state index is 13.2. The van der Waals surface area contributed by atoms with Gasteiger partial charge < -0.3 is 5.32 Å². The molecular weight excluding hydrogens is 391 g/mol. The highest BCUT2D eigenvalue weighted by Gasteiger charge is 2.30. The van der Waals surface area contributed by atoms with Crippen molar-refractivity contribution in [2.24, 2.45) is 4.40 Å². The average molecular weight is 401 g/mol. The Morgan fingerprint density at radius 3 is 2.80 bits per heavy atom. The number of benzene rings is 1. The van der Waals surface area contributed by atoms with E-state index >= 15 is 0 Å². The second-order valence-electron chi connectivity index (χ2n) is 4.87. The van der Waals surface area contributed by atoms with Crippen LogP contribution in [-0.2, 0) is 15.0 Å². The predicted octanol–water partition coefficient (Wildman–Crippen LogP) is 2.44. The molecule has 0 unspecified atom stereocenters. The van der Waals surface area contributed by atoms with Crippen molar-refractivity contribution in [3.63, 3.8) is 0 Å². The van der Waals surface area contributed by atoms with Crippen molar-refractivity contribution in [3.8, 4) is 0 Å². The van der Waals surface area contributed by atoms with E-state index in [2.05, 4.69) is 14.7 Å².